The Morgan fingerprint density at radius 1 is 1.04 bits per heavy atom. The number of aromatic nitrogens is 1. The van der Waals surface area contributed by atoms with Crippen LogP contribution < -0.4 is 0 Å². The molecule has 0 spiro atoms. The van der Waals surface area contributed by atoms with Gasteiger partial charge in [0.2, 0.25) is 0 Å². The molecule has 0 atom stereocenters. The second kappa shape index (κ2) is 6.57. The van der Waals surface area contributed by atoms with Crippen molar-refractivity contribution in [3.05, 3.63) is 77.8 Å². The number of furan rings is 1. The van der Waals surface area contributed by atoms with Gasteiger partial charge in [-0.1, -0.05) is 24.3 Å². The first-order chi connectivity index (χ1) is 12.6. The Hall–Kier alpha value is -3.25. The van der Waals surface area contributed by atoms with E-state index in [-0.39, 0.29) is 5.56 Å². The number of halogens is 1. The Bertz CT molecular complexity index is 1090. The van der Waals surface area contributed by atoms with Gasteiger partial charge in [0.15, 0.2) is 0 Å². The molecule has 6 heteroatoms. The first-order valence-electron chi connectivity index (χ1n) is 7.73. The van der Waals surface area contributed by atoms with Crippen LogP contribution in [0.3, 0.4) is 0 Å². The number of rotatable bonds is 4. The first-order valence-corrected chi connectivity index (χ1v) is 8.61. The summed E-state index contributed by atoms with van der Waals surface area (Å²) in [6.07, 6.45) is 3.25. The van der Waals surface area contributed by atoms with Crippen LogP contribution in [0.15, 0.2) is 70.9 Å². The topological polar surface area (TPSA) is 63.3 Å². The molecule has 2 aromatic carbocycles. The van der Waals surface area contributed by atoms with E-state index >= 15 is 0 Å². The Balaban J connectivity index is 1.72. The number of carbonyl (C=O) groups is 1. The molecule has 128 valence electrons. The second-order valence-electron chi connectivity index (χ2n) is 5.63. The number of carboxylic acids is 1. The van der Waals surface area contributed by atoms with Crippen LogP contribution in [0.4, 0.5) is 4.39 Å². The Kier molecular flexibility index (Phi) is 4.10. The second-order valence-corrected chi connectivity index (χ2v) is 6.49. The lowest BCUT2D eigenvalue weighted by atomic mass is 10.00. The number of benzene rings is 2. The van der Waals surface area contributed by atoms with Gasteiger partial charge in [-0.2, -0.15) is 0 Å². The molecule has 4 aromatic rings. The molecule has 2 heterocycles. The standard InChI is InChI=1S/C20H12FNO3S/c21-17-5-4-13(9-16(17)20(23)24)12-2-1-3-14(8-12)18-11-26-19(22-18)15-6-7-25-10-15/h1-11H,(H,23,24). The van der Waals surface area contributed by atoms with Crippen molar-refractivity contribution in [2.45, 2.75) is 0 Å². The van der Waals surface area contributed by atoms with E-state index in [0.29, 0.717) is 5.56 Å². The Labute approximate surface area is 152 Å². The van der Waals surface area contributed by atoms with E-state index in [1.165, 1.54) is 23.5 Å². The third-order valence-electron chi connectivity index (χ3n) is 3.96. The molecule has 0 saturated heterocycles. The van der Waals surface area contributed by atoms with Gasteiger partial charge in [-0.3, -0.25) is 0 Å². The summed E-state index contributed by atoms with van der Waals surface area (Å²) in [6.45, 7) is 0. The van der Waals surface area contributed by atoms with Crippen LogP contribution in [-0.4, -0.2) is 16.1 Å². The molecule has 0 fully saturated rings. The predicted molar refractivity (Wildman–Crippen MR) is 97.6 cm³/mol. The minimum absolute atomic E-state index is 0.344. The zero-order chi connectivity index (χ0) is 18.1. The molecule has 4 rings (SSSR count). The van der Waals surface area contributed by atoms with Gasteiger partial charge in [-0.15, -0.1) is 11.3 Å². The van der Waals surface area contributed by atoms with E-state index in [0.717, 1.165) is 27.4 Å². The van der Waals surface area contributed by atoms with Gasteiger partial charge in [0.25, 0.3) is 0 Å². The highest BCUT2D eigenvalue weighted by atomic mass is 32.1. The van der Waals surface area contributed by atoms with E-state index in [4.69, 9.17) is 9.52 Å². The van der Waals surface area contributed by atoms with Crippen LogP contribution in [0, 0.1) is 5.82 Å². The highest BCUT2D eigenvalue weighted by molar-refractivity contribution is 7.13. The monoisotopic (exact) mass is 365 g/mol. The molecule has 0 aliphatic rings. The molecular weight excluding hydrogens is 353 g/mol. The molecule has 26 heavy (non-hydrogen) atoms. The van der Waals surface area contributed by atoms with Crippen molar-refractivity contribution < 1.29 is 18.7 Å². The van der Waals surface area contributed by atoms with Crippen molar-refractivity contribution in [2.75, 3.05) is 0 Å². The fourth-order valence-electron chi connectivity index (χ4n) is 2.65. The normalized spacial score (nSPS) is 10.8. The Morgan fingerprint density at radius 2 is 1.85 bits per heavy atom. The maximum Gasteiger partial charge on any atom is 0.338 e. The van der Waals surface area contributed by atoms with Gasteiger partial charge in [-0.05, 0) is 35.4 Å². The summed E-state index contributed by atoms with van der Waals surface area (Å²) < 4.78 is 18.7. The van der Waals surface area contributed by atoms with Gasteiger partial charge in [0.05, 0.1) is 17.5 Å². The summed E-state index contributed by atoms with van der Waals surface area (Å²) in [5.74, 6) is -2.04. The number of hydrogen-bond acceptors (Lipinski definition) is 4. The third kappa shape index (κ3) is 3.02. The summed E-state index contributed by atoms with van der Waals surface area (Å²) in [5.41, 5.74) is 3.72. The number of carboxylic acid groups (broad SMARTS) is 1. The van der Waals surface area contributed by atoms with Crippen molar-refractivity contribution in [3.63, 3.8) is 0 Å². The summed E-state index contributed by atoms with van der Waals surface area (Å²) >= 11 is 1.51. The van der Waals surface area contributed by atoms with Gasteiger partial charge < -0.3 is 9.52 Å². The summed E-state index contributed by atoms with van der Waals surface area (Å²) in [7, 11) is 0. The average molecular weight is 365 g/mol. The molecule has 0 saturated carbocycles. The fraction of sp³-hybridized carbons (Fsp3) is 0. The highest BCUT2D eigenvalue weighted by Gasteiger charge is 2.13. The smallest absolute Gasteiger partial charge is 0.338 e. The van der Waals surface area contributed by atoms with E-state index in [9.17, 15) is 9.18 Å². The quantitative estimate of drug-likeness (QED) is 0.513. The van der Waals surface area contributed by atoms with Gasteiger partial charge in [0, 0.05) is 16.5 Å². The molecule has 1 N–H and O–H groups in total. The van der Waals surface area contributed by atoms with Gasteiger partial charge >= 0.3 is 5.97 Å². The minimum Gasteiger partial charge on any atom is -0.478 e. The molecule has 0 aliphatic carbocycles. The van der Waals surface area contributed by atoms with Crippen LogP contribution in [0.5, 0.6) is 0 Å². The molecule has 4 nitrogen and oxygen atoms in total. The van der Waals surface area contributed by atoms with Crippen molar-refractivity contribution in [3.8, 4) is 33.0 Å². The van der Waals surface area contributed by atoms with Crippen molar-refractivity contribution >= 4 is 17.3 Å². The van der Waals surface area contributed by atoms with Crippen LogP contribution in [-0.2, 0) is 0 Å². The maximum atomic E-state index is 13.6. The first kappa shape index (κ1) is 16.2. The summed E-state index contributed by atoms with van der Waals surface area (Å²) in [6, 6.07) is 13.5. The van der Waals surface area contributed by atoms with Crippen LogP contribution in [0.2, 0.25) is 0 Å². The van der Waals surface area contributed by atoms with E-state index in [1.807, 2.05) is 35.7 Å². The van der Waals surface area contributed by atoms with E-state index < -0.39 is 11.8 Å². The molecule has 0 aliphatic heterocycles. The average Bonchev–Trinajstić information content (AvgIpc) is 3.33. The van der Waals surface area contributed by atoms with Gasteiger partial charge in [-0.25, -0.2) is 14.2 Å². The molecule has 2 aromatic heterocycles. The molecule has 0 radical (unpaired) electrons. The van der Waals surface area contributed by atoms with Crippen molar-refractivity contribution in [2.24, 2.45) is 0 Å². The predicted octanol–water partition coefficient (Wildman–Crippen LogP) is 5.57. The third-order valence-corrected chi connectivity index (χ3v) is 4.85. The van der Waals surface area contributed by atoms with Crippen LogP contribution in [0.25, 0.3) is 33.0 Å². The van der Waals surface area contributed by atoms with E-state index in [2.05, 4.69) is 4.98 Å². The summed E-state index contributed by atoms with van der Waals surface area (Å²) in [4.78, 5) is 15.8. The van der Waals surface area contributed by atoms with E-state index in [1.54, 1.807) is 18.6 Å². The lowest BCUT2D eigenvalue weighted by molar-refractivity contribution is 0.0692. The maximum absolute atomic E-state index is 13.6. The molecular formula is C20H12FNO3S. The van der Waals surface area contributed by atoms with Crippen LogP contribution in [0.1, 0.15) is 10.4 Å². The molecule has 0 unspecified atom stereocenters. The van der Waals surface area contributed by atoms with Crippen molar-refractivity contribution in [1.29, 1.82) is 0 Å². The molecule has 0 bridgehead atoms. The lowest BCUT2D eigenvalue weighted by Gasteiger charge is -2.06. The fourth-order valence-corrected chi connectivity index (χ4v) is 3.47. The lowest BCUT2D eigenvalue weighted by Crippen LogP contribution is -2.00. The summed E-state index contributed by atoms with van der Waals surface area (Å²) in [5, 5.41) is 11.9. The van der Waals surface area contributed by atoms with Crippen molar-refractivity contribution in [1.82, 2.24) is 4.98 Å². The number of hydrogen-bond donors (Lipinski definition) is 1. The molecule has 0 amide bonds. The zero-order valence-electron chi connectivity index (χ0n) is 13.3. The minimum atomic E-state index is -1.29. The number of aromatic carboxylic acids is 1. The van der Waals surface area contributed by atoms with Crippen LogP contribution >= 0.6 is 11.3 Å². The number of thiazole rings is 1. The SMILES string of the molecule is O=C(O)c1cc(-c2cccc(-c3csc(-c4ccoc4)n3)c2)ccc1F. The highest BCUT2D eigenvalue weighted by Crippen LogP contribution is 2.31. The number of nitrogens with zero attached hydrogens (tertiary/aromatic N) is 1. The van der Waals surface area contributed by atoms with Gasteiger partial charge in [0.1, 0.15) is 17.1 Å². The Morgan fingerprint density at radius 3 is 2.62 bits per heavy atom. The largest absolute Gasteiger partial charge is 0.478 e. The zero-order valence-corrected chi connectivity index (χ0v) is 14.2.